The average Bonchev–Trinajstić information content (AvgIpc) is 2.57. The summed E-state index contributed by atoms with van der Waals surface area (Å²) in [5.74, 6) is 0.529. The lowest BCUT2D eigenvalue weighted by Crippen LogP contribution is -2.50. The zero-order chi connectivity index (χ0) is 16.7. The lowest BCUT2D eigenvalue weighted by atomic mass is 9.67. The number of ketones is 1. The second-order valence-corrected chi connectivity index (χ2v) is 7.64. The monoisotopic (exact) mass is 359 g/mol. The van der Waals surface area contributed by atoms with E-state index in [4.69, 9.17) is 23.2 Å². The van der Waals surface area contributed by atoms with E-state index >= 15 is 0 Å². The second kappa shape index (κ2) is 6.51. The lowest BCUT2D eigenvalue weighted by Gasteiger charge is -2.45. The van der Waals surface area contributed by atoms with Gasteiger partial charge >= 0.3 is 0 Å². The van der Waals surface area contributed by atoms with E-state index in [0.717, 1.165) is 40.4 Å². The third-order valence-corrected chi connectivity index (χ3v) is 5.89. The van der Waals surface area contributed by atoms with Crippen molar-refractivity contribution in [1.29, 1.82) is 0 Å². The number of piperidine rings is 1. The number of benzene rings is 2. The zero-order valence-electron chi connectivity index (χ0n) is 13.2. The average molecular weight is 360 g/mol. The number of hydrogen-bond donors (Lipinski definition) is 1. The normalized spacial score (nSPS) is 29.5. The summed E-state index contributed by atoms with van der Waals surface area (Å²) in [5.41, 5.74) is 2.27. The van der Waals surface area contributed by atoms with Crippen molar-refractivity contribution in [2.24, 2.45) is 11.8 Å². The maximum atomic E-state index is 13.0. The predicted molar refractivity (Wildman–Crippen MR) is 97.4 cm³/mol. The number of Topliss-reactive ketones (excluding diaryl/α,β-unsaturated/α-hetero) is 1. The van der Waals surface area contributed by atoms with Crippen molar-refractivity contribution >= 4 is 29.0 Å². The van der Waals surface area contributed by atoms with Crippen molar-refractivity contribution in [3.63, 3.8) is 0 Å². The molecule has 0 spiro atoms. The Balaban J connectivity index is 1.71. The van der Waals surface area contributed by atoms with Crippen molar-refractivity contribution in [2.75, 3.05) is 0 Å². The minimum Gasteiger partial charge on any atom is -0.302 e. The molecule has 4 unspecified atom stereocenters. The Kier molecular flexibility index (Phi) is 4.38. The molecule has 0 amide bonds. The molecule has 2 nitrogen and oxygen atoms in total. The Morgan fingerprint density at radius 3 is 1.58 bits per heavy atom. The van der Waals surface area contributed by atoms with E-state index in [1.807, 2.05) is 48.5 Å². The van der Waals surface area contributed by atoms with Gasteiger partial charge in [0, 0.05) is 34.0 Å². The molecule has 0 aromatic heterocycles. The molecule has 24 heavy (non-hydrogen) atoms. The number of nitrogens with one attached hydrogen (secondary N) is 1. The van der Waals surface area contributed by atoms with Crippen LogP contribution in [0.15, 0.2) is 48.5 Å². The van der Waals surface area contributed by atoms with Gasteiger partial charge in [-0.05, 0) is 48.2 Å². The molecule has 4 rings (SSSR count). The third-order valence-electron chi connectivity index (χ3n) is 5.38. The summed E-state index contributed by atoms with van der Waals surface area (Å²) >= 11 is 12.0. The molecule has 2 aromatic carbocycles. The van der Waals surface area contributed by atoms with E-state index in [-0.39, 0.29) is 23.9 Å². The molecule has 1 saturated carbocycles. The van der Waals surface area contributed by atoms with Crippen molar-refractivity contribution in [3.8, 4) is 0 Å². The van der Waals surface area contributed by atoms with Crippen LogP contribution in [0, 0.1) is 11.8 Å². The summed E-state index contributed by atoms with van der Waals surface area (Å²) in [6, 6.07) is 15.8. The third kappa shape index (κ3) is 2.88. The number of fused-ring (bicyclic) bond motifs is 2. The van der Waals surface area contributed by atoms with Gasteiger partial charge in [0.2, 0.25) is 0 Å². The van der Waals surface area contributed by atoms with Crippen LogP contribution in [0.4, 0.5) is 0 Å². The van der Waals surface area contributed by atoms with E-state index in [9.17, 15) is 4.79 Å². The smallest absolute Gasteiger partial charge is 0.142 e. The molecule has 1 saturated heterocycles. The fraction of sp³-hybridized carbons (Fsp3) is 0.350. The van der Waals surface area contributed by atoms with Crippen LogP contribution in [-0.4, -0.2) is 5.78 Å². The SMILES string of the molecule is O=C1C2CCCC1C(c1ccc(Cl)cc1)NC2c1ccc(Cl)cc1. The van der Waals surface area contributed by atoms with E-state index in [0.29, 0.717) is 5.78 Å². The number of hydrogen-bond acceptors (Lipinski definition) is 2. The van der Waals surface area contributed by atoms with E-state index in [1.165, 1.54) is 0 Å². The van der Waals surface area contributed by atoms with E-state index in [1.54, 1.807) is 0 Å². The predicted octanol–water partition coefficient (Wildman–Crippen LogP) is 5.36. The van der Waals surface area contributed by atoms with Gasteiger partial charge in [0.05, 0.1) is 0 Å². The highest BCUT2D eigenvalue weighted by Gasteiger charge is 2.46. The van der Waals surface area contributed by atoms with Crippen molar-refractivity contribution in [3.05, 3.63) is 69.7 Å². The van der Waals surface area contributed by atoms with Gasteiger partial charge in [0.15, 0.2) is 0 Å². The molecule has 0 radical (unpaired) electrons. The van der Waals surface area contributed by atoms with Gasteiger partial charge in [-0.1, -0.05) is 53.9 Å². The molecular weight excluding hydrogens is 341 g/mol. The molecule has 2 aromatic rings. The fourth-order valence-corrected chi connectivity index (χ4v) is 4.45. The van der Waals surface area contributed by atoms with Gasteiger partial charge < -0.3 is 5.32 Å². The molecule has 1 N–H and O–H groups in total. The summed E-state index contributed by atoms with van der Waals surface area (Å²) in [6.45, 7) is 0. The topological polar surface area (TPSA) is 29.1 Å². The Morgan fingerprint density at radius 2 is 1.17 bits per heavy atom. The molecule has 1 heterocycles. The fourth-order valence-electron chi connectivity index (χ4n) is 4.20. The molecule has 1 aliphatic carbocycles. The van der Waals surface area contributed by atoms with Gasteiger partial charge in [0.1, 0.15) is 5.78 Å². The summed E-state index contributed by atoms with van der Waals surface area (Å²) in [6.07, 6.45) is 3.03. The molecular formula is C20H19Cl2NO. The maximum absolute atomic E-state index is 13.0. The Hall–Kier alpha value is -1.35. The van der Waals surface area contributed by atoms with Gasteiger partial charge in [-0.25, -0.2) is 0 Å². The first-order chi connectivity index (χ1) is 11.6. The number of halogens is 2. The molecule has 2 aliphatic rings. The highest BCUT2D eigenvalue weighted by molar-refractivity contribution is 6.30. The molecule has 1 aliphatic heterocycles. The van der Waals surface area contributed by atoms with Crippen LogP contribution in [-0.2, 0) is 4.79 Å². The van der Waals surface area contributed by atoms with Gasteiger partial charge in [-0.15, -0.1) is 0 Å². The minimum atomic E-state index is 0.0481. The number of rotatable bonds is 2. The molecule has 124 valence electrons. The van der Waals surface area contributed by atoms with Crippen LogP contribution in [0.25, 0.3) is 0 Å². The molecule has 4 heteroatoms. The molecule has 2 fully saturated rings. The maximum Gasteiger partial charge on any atom is 0.142 e. The van der Waals surface area contributed by atoms with Gasteiger partial charge in [-0.3, -0.25) is 4.79 Å². The van der Waals surface area contributed by atoms with Crippen LogP contribution in [0.5, 0.6) is 0 Å². The van der Waals surface area contributed by atoms with Crippen LogP contribution < -0.4 is 5.32 Å². The van der Waals surface area contributed by atoms with Crippen LogP contribution >= 0.6 is 23.2 Å². The Labute approximate surface area is 152 Å². The van der Waals surface area contributed by atoms with Crippen molar-refractivity contribution in [1.82, 2.24) is 5.32 Å². The molecule has 2 bridgehead atoms. The first-order valence-electron chi connectivity index (χ1n) is 8.44. The van der Waals surface area contributed by atoms with Gasteiger partial charge in [-0.2, -0.15) is 0 Å². The summed E-state index contributed by atoms with van der Waals surface area (Å²) in [4.78, 5) is 13.0. The van der Waals surface area contributed by atoms with Crippen molar-refractivity contribution in [2.45, 2.75) is 31.3 Å². The Morgan fingerprint density at radius 1 is 0.750 bits per heavy atom. The van der Waals surface area contributed by atoms with Crippen molar-refractivity contribution < 1.29 is 4.79 Å². The summed E-state index contributed by atoms with van der Waals surface area (Å²) < 4.78 is 0. The largest absolute Gasteiger partial charge is 0.302 e. The zero-order valence-corrected chi connectivity index (χ0v) is 14.7. The summed E-state index contributed by atoms with van der Waals surface area (Å²) in [5, 5.41) is 5.19. The van der Waals surface area contributed by atoms with E-state index in [2.05, 4.69) is 5.32 Å². The first kappa shape index (κ1) is 16.1. The quantitative estimate of drug-likeness (QED) is 0.781. The Bertz CT molecular complexity index is 680. The van der Waals surface area contributed by atoms with Crippen LogP contribution in [0.1, 0.15) is 42.5 Å². The second-order valence-electron chi connectivity index (χ2n) is 6.77. The highest BCUT2D eigenvalue weighted by atomic mass is 35.5. The standard InChI is InChI=1S/C20H19Cl2NO/c21-14-8-4-12(5-9-14)18-16-2-1-3-17(20(16)24)19(23-18)13-6-10-15(22)11-7-13/h4-11,16-19,23H,1-3H2. The minimum absolute atomic E-state index is 0.0481. The lowest BCUT2D eigenvalue weighted by molar-refractivity contribution is -0.135. The van der Waals surface area contributed by atoms with Gasteiger partial charge in [0.25, 0.3) is 0 Å². The molecule has 4 atom stereocenters. The number of carbonyl (C=O) groups is 1. The summed E-state index contributed by atoms with van der Waals surface area (Å²) in [7, 11) is 0. The highest BCUT2D eigenvalue weighted by Crippen LogP contribution is 2.45. The van der Waals surface area contributed by atoms with Crippen LogP contribution in [0.3, 0.4) is 0 Å². The van der Waals surface area contributed by atoms with E-state index < -0.39 is 0 Å². The first-order valence-corrected chi connectivity index (χ1v) is 9.20. The van der Waals surface area contributed by atoms with Crippen LogP contribution in [0.2, 0.25) is 10.0 Å². The number of carbonyl (C=O) groups excluding carboxylic acids is 1.